The summed E-state index contributed by atoms with van der Waals surface area (Å²) in [5.74, 6) is -0.453. The molecule has 190 valence electrons. The van der Waals surface area contributed by atoms with Crippen LogP contribution in [0.3, 0.4) is 0 Å². The maximum absolute atomic E-state index is 13.1. The van der Waals surface area contributed by atoms with E-state index in [-0.39, 0.29) is 29.8 Å². The van der Waals surface area contributed by atoms with Gasteiger partial charge in [0.2, 0.25) is 11.8 Å². The molecule has 0 saturated carbocycles. The number of anilines is 1. The normalized spacial score (nSPS) is 21.9. The minimum Gasteiger partial charge on any atom is -0.489 e. The second kappa shape index (κ2) is 9.85. The van der Waals surface area contributed by atoms with Gasteiger partial charge in [0, 0.05) is 50.8 Å². The Morgan fingerprint density at radius 1 is 1.17 bits per heavy atom. The number of carbonyl (C=O) groups is 3. The molecule has 3 aliphatic heterocycles. The van der Waals surface area contributed by atoms with E-state index in [2.05, 4.69) is 15.1 Å². The molecule has 3 amide bonds. The van der Waals surface area contributed by atoms with E-state index in [9.17, 15) is 23.2 Å². The van der Waals surface area contributed by atoms with Crippen molar-refractivity contribution < 1.29 is 27.9 Å². The number of ether oxygens (including phenoxy) is 1. The fourth-order valence-electron chi connectivity index (χ4n) is 5.13. The molecule has 2 saturated heterocycles. The average Bonchev–Trinajstić information content (AvgIpc) is 2.87. The van der Waals surface area contributed by atoms with Gasteiger partial charge in [-0.2, -0.15) is 0 Å². The number of piperidine rings is 1. The molecule has 8 nitrogen and oxygen atoms in total. The summed E-state index contributed by atoms with van der Waals surface area (Å²) in [6, 6.07) is 11.3. The second-order valence-electron chi connectivity index (χ2n) is 9.50. The number of halogens is 2. The van der Waals surface area contributed by atoms with Gasteiger partial charge in [-0.3, -0.25) is 24.6 Å². The topological polar surface area (TPSA) is 82.2 Å². The summed E-state index contributed by atoms with van der Waals surface area (Å²) in [6.45, 7) is 3.51. The number of piperazine rings is 1. The molecule has 3 heterocycles. The van der Waals surface area contributed by atoms with E-state index in [1.165, 1.54) is 17.0 Å². The van der Waals surface area contributed by atoms with Crippen LogP contribution in [0.2, 0.25) is 0 Å². The molecular weight excluding hydrogens is 470 g/mol. The first kappa shape index (κ1) is 24.2. The number of nitrogens with zero attached hydrogens (tertiary/aromatic N) is 3. The quantitative estimate of drug-likeness (QED) is 0.639. The maximum Gasteiger partial charge on any atom is 0.263 e. The van der Waals surface area contributed by atoms with Crippen LogP contribution in [0, 0.1) is 0 Å². The van der Waals surface area contributed by atoms with E-state index in [0.717, 1.165) is 30.9 Å². The number of amides is 3. The van der Waals surface area contributed by atoms with Crippen LogP contribution in [0.4, 0.5) is 14.5 Å². The molecule has 3 aliphatic rings. The van der Waals surface area contributed by atoms with E-state index >= 15 is 0 Å². The first-order valence-corrected chi connectivity index (χ1v) is 12.0. The van der Waals surface area contributed by atoms with Crippen LogP contribution < -0.4 is 15.0 Å². The van der Waals surface area contributed by atoms with Crippen molar-refractivity contribution in [3.63, 3.8) is 0 Å². The summed E-state index contributed by atoms with van der Waals surface area (Å²) < 4.78 is 31.7. The lowest BCUT2D eigenvalue weighted by Crippen LogP contribution is -2.57. The van der Waals surface area contributed by atoms with Crippen LogP contribution in [0.25, 0.3) is 0 Å². The smallest absolute Gasteiger partial charge is 0.263 e. The molecule has 2 atom stereocenters. The maximum atomic E-state index is 13.1. The third-order valence-electron chi connectivity index (χ3n) is 7.15. The van der Waals surface area contributed by atoms with Gasteiger partial charge in [-0.15, -0.1) is 0 Å². The largest absolute Gasteiger partial charge is 0.489 e. The van der Waals surface area contributed by atoms with Crippen LogP contribution in [-0.2, 0) is 16.1 Å². The summed E-state index contributed by atoms with van der Waals surface area (Å²) in [4.78, 5) is 42.6. The Kier molecular flexibility index (Phi) is 6.61. The predicted octanol–water partition coefficient (Wildman–Crippen LogP) is 2.58. The average molecular weight is 499 g/mol. The number of nitrogens with one attached hydrogen (secondary N) is 1. The third-order valence-corrected chi connectivity index (χ3v) is 7.15. The highest BCUT2D eigenvalue weighted by molar-refractivity contribution is 6.04. The molecule has 0 spiro atoms. The SMILES string of the molecule is CN(C(=O)c1ccc2c(c1)OCC1CN(Cc3ccc(C(F)F)cc3)CCN21)C1CCC(=O)NC1=O. The van der Waals surface area contributed by atoms with Gasteiger partial charge in [0.05, 0.1) is 11.7 Å². The zero-order valence-corrected chi connectivity index (χ0v) is 20.0. The zero-order valence-electron chi connectivity index (χ0n) is 20.0. The highest BCUT2D eigenvalue weighted by Crippen LogP contribution is 2.36. The summed E-state index contributed by atoms with van der Waals surface area (Å²) >= 11 is 0. The predicted molar refractivity (Wildman–Crippen MR) is 128 cm³/mol. The zero-order chi connectivity index (χ0) is 25.4. The highest BCUT2D eigenvalue weighted by atomic mass is 19.3. The number of rotatable bonds is 5. The Bertz CT molecular complexity index is 1170. The molecule has 1 N–H and O–H groups in total. The van der Waals surface area contributed by atoms with Gasteiger partial charge in [0.1, 0.15) is 18.4 Å². The van der Waals surface area contributed by atoms with E-state index < -0.39 is 18.4 Å². The van der Waals surface area contributed by atoms with E-state index in [4.69, 9.17) is 4.74 Å². The monoisotopic (exact) mass is 498 g/mol. The van der Waals surface area contributed by atoms with Crippen molar-refractivity contribution >= 4 is 23.4 Å². The first-order chi connectivity index (χ1) is 17.3. The van der Waals surface area contributed by atoms with Crippen molar-refractivity contribution in [3.8, 4) is 5.75 Å². The lowest BCUT2D eigenvalue weighted by Gasteiger charge is -2.45. The van der Waals surface area contributed by atoms with Gasteiger partial charge in [-0.1, -0.05) is 24.3 Å². The van der Waals surface area contributed by atoms with Crippen molar-refractivity contribution in [2.75, 3.05) is 38.2 Å². The summed E-state index contributed by atoms with van der Waals surface area (Å²) in [6.07, 6.45) is -1.96. The van der Waals surface area contributed by atoms with Crippen molar-refractivity contribution in [2.45, 2.75) is 37.9 Å². The molecule has 0 aliphatic carbocycles. The van der Waals surface area contributed by atoms with Gasteiger partial charge >= 0.3 is 0 Å². The van der Waals surface area contributed by atoms with Gasteiger partial charge < -0.3 is 14.5 Å². The Balaban J connectivity index is 1.23. The van der Waals surface area contributed by atoms with Crippen LogP contribution in [0.1, 0.15) is 40.8 Å². The standard InChI is InChI=1S/C26H28F2N4O4/c1-30(21-8-9-23(33)29-25(21)34)26(35)18-6-7-20-22(12-18)36-15-19-14-31(10-11-32(19)20)13-16-2-4-17(5-3-16)24(27)28/h2-7,12,19,21,24H,8-11,13-15H2,1H3,(H,29,33,34). The van der Waals surface area contributed by atoms with Crippen LogP contribution in [0.15, 0.2) is 42.5 Å². The lowest BCUT2D eigenvalue weighted by atomic mass is 10.0. The Morgan fingerprint density at radius 3 is 2.67 bits per heavy atom. The minimum atomic E-state index is -2.46. The number of alkyl halides is 2. The highest BCUT2D eigenvalue weighted by Gasteiger charge is 2.35. The van der Waals surface area contributed by atoms with Gasteiger partial charge in [0.15, 0.2) is 0 Å². The molecule has 0 radical (unpaired) electrons. The summed E-state index contributed by atoms with van der Waals surface area (Å²) in [7, 11) is 1.57. The molecule has 2 aromatic carbocycles. The molecule has 36 heavy (non-hydrogen) atoms. The van der Waals surface area contributed by atoms with Crippen molar-refractivity contribution in [1.29, 1.82) is 0 Å². The minimum absolute atomic E-state index is 0.0296. The number of hydrogen-bond acceptors (Lipinski definition) is 6. The van der Waals surface area contributed by atoms with Crippen LogP contribution in [0.5, 0.6) is 5.75 Å². The number of benzene rings is 2. The van der Waals surface area contributed by atoms with Crippen LogP contribution >= 0.6 is 0 Å². The Hall–Kier alpha value is -3.53. The molecule has 10 heteroatoms. The first-order valence-electron chi connectivity index (χ1n) is 12.0. The van der Waals surface area contributed by atoms with E-state index in [1.54, 1.807) is 31.3 Å². The number of imide groups is 1. The Morgan fingerprint density at radius 2 is 1.94 bits per heavy atom. The number of carbonyl (C=O) groups excluding carboxylic acids is 3. The van der Waals surface area contributed by atoms with E-state index in [0.29, 0.717) is 30.9 Å². The van der Waals surface area contributed by atoms with Gasteiger partial charge in [0.25, 0.3) is 12.3 Å². The number of likely N-dealkylation sites (N-methyl/N-ethyl adjacent to an activating group) is 1. The molecular formula is C26H28F2N4O4. The van der Waals surface area contributed by atoms with Crippen molar-refractivity contribution in [1.82, 2.24) is 15.1 Å². The molecule has 0 aromatic heterocycles. The second-order valence-corrected chi connectivity index (χ2v) is 9.50. The van der Waals surface area contributed by atoms with Gasteiger partial charge in [-0.05, 0) is 30.2 Å². The van der Waals surface area contributed by atoms with Crippen LogP contribution in [-0.4, -0.2) is 72.9 Å². The molecule has 5 rings (SSSR count). The van der Waals surface area contributed by atoms with E-state index in [1.807, 2.05) is 6.07 Å². The molecule has 2 fully saturated rings. The Labute approximate surface area is 207 Å². The molecule has 0 bridgehead atoms. The fraction of sp³-hybridized carbons (Fsp3) is 0.423. The lowest BCUT2D eigenvalue weighted by molar-refractivity contribution is -0.136. The van der Waals surface area contributed by atoms with Crippen molar-refractivity contribution in [3.05, 3.63) is 59.2 Å². The summed E-state index contributed by atoms with van der Waals surface area (Å²) in [5.41, 5.74) is 2.37. The van der Waals surface area contributed by atoms with Gasteiger partial charge in [-0.25, -0.2) is 8.78 Å². The van der Waals surface area contributed by atoms with Crippen molar-refractivity contribution in [2.24, 2.45) is 0 Å². The number of hydrogen-bond donors (Lipinski definition) is 1. The molecule has 2 aromatic rings. The molecule has 2 unspecified atom stereocenters. The summed E-state index contributed by atoms with van der Waals surface area (Å²) in [5, 5.41) is 2.29. The fourth-order valence-corrected chi connectivity index (χ4v) is 5.13. The number of fused-ring (bicyclic) bond motifs is 3. The third kappa shape index (κ3) is 4.77.